The van der Waals surface area contributed by atoms with Gasteiger partial charge in [0.25, 0.3) is 20.2 Å². The van der Waals surface area contributed by atoms with Gasteiger partial charge in [0.1, 0.15) is 4.90 Å². The minimum absolute atomic E-state index is 0.238. The van der Waals surface area contributed by atoms with Crippen LogP contribution in [0.1, 0.15) is 0 Å². The summed E-state index contributed by atoms with van der Waals surface area (Å²) in [6.07, 6.45) is 0. The van der Waals surface area contributed by atoms with Crippen molar-refractivity contribution in [2.24, 2.45) is 10.2 Å². The summed E-state index contributed by atoms with van der Waals surface area (Å²) in [5, 5.41) is 10.1. The Kier molecular flexibility index (Phi) is 7.27. The molecular formula is C20H15N3O9S3. The predicted octanol–water partition coefficient (Wildman–Crippen LogP) is 3.48. The Labute approximate surface area is 200 Å². The molecule has 4 aromatic carbocycles. The summed E-state index contributed by atoms with van der Waals surface area (Å²) in [7, 11) is -11.9. The molecule has 0 saturated carbocycles. The minimum atomic E-state index is -4.42. The maximum Gasteiger partial charge on any atom is 0.425 e. The van der Waals surface area contributed by atoms with Crippen molar-refractivity contribution in [1.82, 2.24) is 0 Å². The molecule has 0 saturated heterocycles. The highest BCUT2D eigenvalue weighted by atomic mass is 32.2. The van der Waals surface area contributed by atoms with E-state index in [9.17, 15) is 25.9 Å². The SMILES string of the molecule is Nc1ccc(N=Nc2ccc3cccc(S(=O)(=O)O)c3c2)c2ccc(S(=O)(=O)O)cc12.O=S(=O)=O. The molecule has 0 bridgehead atoms. The van der Waals surface area contributed by atoms with E-state index >= 15 is 0 Å². The van der Waals surface area contributed by atoms with Crippen molar-refractivity contribution >= 4 is 69.5 Å². The number of nitrogen functional groups attached to an aromatic ring is 1. The van der Waals surface area contributed by atoms with Gasteiger partial charge in [-0.05, 0) is 47.9 Å². The summed E-state index contributed by atoms with van der Waals surface area (Å²) < 4.78 is 90.1. The summed E-state index contributed by atoms with van der Waals surface area (Å²) in [4.78, 5) is -0.536. The molecule has 4 aromatic rings. The van der Waals surface area contributed by atoms with E-state index < -0.39 is 30.8 Å². The number of anilines is 1. The predicted molar refractivity (Wildman–Crippen MR) is 126 cm³/mol. The molecule has 182 valence electrons. The van der Waals surface area contributed by atoms with Crippen LogP contribution in [0.15, 0.2) is 86.7 Å². The number of azo groups is 1. The first-order chi connectivity index (χ1) is 16.3. The summed E-state index contributed by atoms with van der Waals surface area (Å²) in [6.45, 7) is 0. The van der Waals surface area contributed by atoms with Gasteiger partial charge in [0.05, 0.1) is 16.3 Å². The number of hydrogen-bond donors (Lipinski definition) is 3. The van der Waals surface area contributed by atoms with Gasteiger partial charge in [-0.15, -0.1) is 17.7 Å². The zero-order valence-electron chi connectivity index (χ0n) is 17.3. The van der Waals surface area contributed by atoms with Gasteiger partial charge in [-0.25, -0.2) is 0 Å². The van der Waals surface area contributed by atoms with Crippen LogP contribution < -0.4 is 5.73 Å². The molecule has 12 nitrogen and oxygen atoms in total. The molecule has 0 radical (unpaired) electrons. The zero-order valence-corrected chi connectivity index (χ0v) is 19.7. The van der Waals surface area contributed by atoms with Crippen LogP contribution in [0.25, 0.3) is 21.5 Å². The van der Waals surface area contributed by atoms with Crippen molar-refractivity contribution in [3.05, 3.63) is 66.7 Å². The molecule has 35 heavy (non-hydrogen) atoms. The molecule has 0 aliphatic heterocycles. The monoisotopic (exact) mass is 537 g/mol. The van der Waals surface area contributed by atoms with E-state index in [0.29, 0.717) is 38.6 Å². The molecular weight excluding hydrogens is 522 g/mol. The van der Waals surface area contributed by atoms with E-state index in [1.54, 1.807) is 24.3 Å². The third-order valence-electron chi connectivity index (χ3n) is 4.67. The zero-order chi connectivity index (χ0) is 26.0. The van der Waals surface area contributed by atoms with Crippen molar-refractivity contribution in [1.29, 1.82) is 0 Å². The van der Waals surface area contributed by atoms with Gasteiger partial charge in [0.2, 0.25) is 0 Å². The van der Waals surface area contributed by atoms with Gasteiger partial charge in [-0.2, -0.15) is 21.9 Å². The second-order valence-electron chi connectivity index (χ2n) is 6.90. The van der Waals surface area contributed by atoms with Crippen LogP contribution in [-0.2, 0) is 30.8 Å². The number of benzene rings is 4. The maximum atomic E-state index is 11.6. The van der Waals surface area contributed by atoms with Crippen LogP contribution in [0.3, 0.4) is 0 Å². The first kappa shape index (κ1) is 25.9. The molecule has 0 heterocycles. The molecule has 0 atom stereocenters. The Morgan fingerprint density at radius 2 is 1.40 bits per heavy atom. The Morgan fingerprint density at radius 1 is 0.714 bits per heavy atom. The molecule has 0 unspecified atom stereocenters. The molecule has 0 amide bonds. The lowest BCUT2D eigenvalue weighted by atomic mass is 10.1. The Bertz CT molecular complexity index is 1810. The largest absolute Gasteiger partial charge is 0.425 e. The topological polar surface area (TPSA) is 211 Å². The van der Waals surface area contributed by atoms with Gasteiger partial charge >= 0.3 is 10.6 Å². The molecule has 0 aliphatic carbocycles. The van der Waals surface area contributed by atoms with Crippen LogP contribution in [0, 0.1) is 0 Å². The first-order valence-corrected chi connectivity index (χ1v) is 13.1. The van der Waals surface area contributed by atoms with E-state index in [4.69, 9.17) is 18.4 Å². The van der Waals surface area contributed by atoms with Crippen LogP contribution in [0.2, 0.25) is 0 Å². The van der Waals surface area contributed by atoms with Gasteiger partial charge in [-0.1, -0.05) is 24.3 Å². The Morgan fingerprint density at radius 3 is 2.03 bits per heavy atom. The van der Waals surface area contributed by atoms with Crippen molar-refractivity contribution in [3.8, 4) is 0 Å². The van der Waals surface area contributed by atoms with E-state index in [1.807, 2.05) is 0 Å². The molecule has 4 rings (SSSR count). The quantitative estimate of drug-likeness (QED) is 0.196. The second-order valence-corrected chi connectivity index (χ2v) is 10.1. The summed E-state index contributed by atoms with van der Waals surface area (Å²) in [5.41, 5.74) is 6.95. The molecule has 0 aliphatic rings. The summed E-state index contributed by atoms with van der Waals surface area (Å²) in [5.74, 6) is 0. The number of fused-ring (bicyclic) bond motifs is 2. The standard InChI is InChI=1S/C20H15N3O6S2.O3S/c21-18-8-9-19(15-7-6-14(11-17(15)18)30(24,25)26)23-22-13-5-4-12-2-1-3-20(16(12)10-13)31(27,28)29;1-4(2)3/h1-11H,21H2,(H,24,25,26)(H,27,28,29);. The highest BCUT2D eigenvalue weighted by Gasteiger charge is 2.15. The van der Waals surface area contributed by atoms with Gasteiger partial charge in [0, 0.05) is 21.8 Å². The molecule has 0 spiro atoms. The Balaban J connectivity index is 0.000000795. The molecule has 4 N–H and O–H groups in total. The first-order valence-electron chi connectivity index (χ1n) is 9.26. The fourth-order valence-electron chi connectivity index (χ4n) is 3.21. The normalized spacial score (nSPS) is 11.9. The minimum Gasteiger partial charge on any atom is -0.398 e. The van der Waals surface area contributed by atoms with Crippen molar-refractivity contribution in [2.75, 3.05) is 5.73 Å². The number of hydrogen-bond acceptors (Lipinski definition) is 10. The van der Waals surface area contributed by atoms with E-state index in [1.165, 1.54) is 42.5 Å². The number of nitrogens with zero attached hydrogens (tertiary/aromatic N) is 2. The summed E-state index contributed by atoms with van der Waals surface area (Å²) >= 11 is 0. The van der Waals surface area contributed by atoms with Crippen LogP contribution in [-0.4, -0.2) is 38.6 Å². The van der Waals surface area contributed by atoms with Gasteiger partial charge in [-0.3, -0.25) is 9.11 Å². The van der Waals surface area contributed by atoms with Crippen LogP contribution >= 0.6 is 0 Å². The fraction of sp³-hybridized carbons (Fsp3) is 0. The third kappa shape index (κ3) is 6.23. The summed E-state index contributed by atoms with van der Waals surface area (Å²) in [6, 6.07) is 16.3. The van der Waals surface area contributed by atoms with Crippen molar-refractivity contribution in [3.63, 3.8) is 0 Å². The van der Waals surface area contributed by atoms with Gasteiger partial charge in [0.15, 0.2) is 0 Å². The lowest BCUT2D eigenvalue weighted by molar-refractivity contribution is 0.481. The average Bonchev–Trinajstić information content (AvgIpc) is 2.76. The van der Waals surface area contributed by atoms with E-state index in [-0.39, 0.29) is 9.79 Å². The van der Waals surface area contributed by atoms with Crippen LogP contribution in [0.4, 0.5) is 17.1 Å². The fourth-order valence-corrected chi connectivity index (χ4v) is 4.42. The van der Waals surface area contributed by atoms with Crippen LogP contribution in [0.5, 0.6) is 0 Å². The highest BCUT2D eigenvalue weighted by Crippen LogP contribution is 2.34. The average molecular weight is 538 g/mol. The van der Waals surface area contributed by atoms with Crippen molar-refractivity contribution in [2.45, 2.75) is 9.79 Å². The van der Waals surface area contributed by atoms with Crippen molar-refractivity contribution < 1.29 is 38.6 Å². The third-order valence-corrected chi connectivity index (χ3v) is 6.43. The Hall–Kier alpha value is -3.76. The number of rotatable bonds is 4. The lowest BCUT2D eigenvalue weighted by Gasteiger charge is -2.07. The molecule has 0 fully saturated rings. The highest BCUT2D eigenvalue weighted by molar-refractivity contribution is 7.86. The van der Waals surface area contributed by atoms with E-state index in [0.717, 1.165) is 0 Å². The lowest BCUT2D eigenvalue weighted by Crippen LogP contribution is -1.98. The number of nitrogens with two attached hydrogens (primary N) is 1. The molecule has 0 aromatic heterocycles. The second kappa shape index (κ2) is 9.85. The molecule has 15 heteroatoms. The maximum absolute atomic E-state index is 11.6. The smallest absolute Gasteiger partial charge is 0.398 e. The van der Waals surface area contributed by atoms with E-state index in [2.05, 4.69) is 10.2 Å². The van der Waals surface area contributed by atoms with Gasteiger partial charge < -0.3 is 5.73 Å².